The minimum Gasteiger partial charge on any atom is -0.364 e. The Balaban J connectivity index is 1.91. The van der Waals surface area contributed by atoms with Gasteiger partial charge in [-0.15, -0.1) is 0 Å². The fourth-order valence-electron chi connectivity index (χ4n) is 4.14. The van der Waals surface area contributed by atoms with Crippen LogP contribution in [-0.2, 0) is 6.54 Å². The standard InChI is InChI=1S/C23H23N5O2/c1-13(2)21-17-10-19(22(24)29)27-20(18(17)12-28(21)23(25)30)15-6-3-5-14(9-15)16-7-4-8-26-11-16/h3-11,13,21H,12H2,1-2H3,(H2,24,29)(H2,25,30). The summed E-state index contributed by atoms with van der Waals surface area (Å²) in [6.45, 7) is 4.37. The first kappa shape index (κ1) is 19.6. The molecule has 0 spiro atoms. The van der Waals surface area contributed by atoms with Crippen LogP contribution in [0.15, 0.2) is 54.9 Å². The van der Waals surface area contributed by atoms with Gasteiger partial charge in [-0.05, 0) is 35.2 Å². The molecule has 7 nitrogen and oxygen atoms in total. The highest BCUT2D eigenvalue weighted by molar-refractivity contribution is 5.92. The summed E-state index contributed by atoms with van der Waals surface area (Å²) in [4.78, 5) is 34.5. The van der Waals surface area contributed by atoms with Crippen LogP contribution in [-0.4, -0.2) is 26.8 Å². The number of urea groups is 1. The summed E-state index contributed by atoms with van der Waals surface area (Å²) < 4.78 is 0. The molecule has 30 heavy (non-hydrogen) atoms. The Morgan fingerprint density at radius 1 is 1.07 bits per heavy atom. The number of pyridine rings is 2. The monoisotopic (exact) mass is 401 g/mol. The predicted octanol–water partition coefficient (Wildman–Crippen LogP) is 3.50. The number of rotatable bonds is 4. The molecule has 2 aromatic heterocycles. The maximum atomic E-state index is 12.1. The lowest BCUT2D eigenvalue weighted by molar-refractivity contribution is 0.0995. The molecule has 0 saturated heterocycles. The molecular weight excluding hydrogens is 378 g/mol. The molecule has 0 radical (unpaired) electrons. The normalized spacial score (nSPS) is 15.3. The molecule has 0 saturated carbocycles. The van der Waals surface area contributed by atoms with Crippen molar-refractivity contribution in [3.8, 4) is 22.4 Å². The molecule has 0 aliphatic carbocycles. The van der Waals surface area contributed by atoms with Crippen LogP contribution in [0.5, 0.6) is 0 Å². The van der Waals surface area contributed by atoms with Gasteiger partial charge in [0.25, 0.3) is 5.91 Å². The molecule has 1 aliphatic heterocycles. The summed E-state index contributed by atoms with van der Waals surface area (Å²) in [5, 5.41) is 0. The average Bonchev–Trinajstić information content (AvgIpc) is 3.14. The number of aromatic nitrogens is 2. The fraction of sp³-hybridized carbons (Fsp3) is 0.217. The van der Waals surface area contributed by atoms with Crippen molar-refractivity contribution in [2.45, 2.75) is 26.4 Å². The predicted molar refractivity (Wildman–Crippen MR) is 114 cm³/mol. The van der Waals surface area contributed by atoms with Gasteiger partial charge in [-0.2, -0.15) is 0 Å². The molecular formula is C23H23N5O2. The highest BCUT2D eigenvalue weighted by atomic mass is 16.2. The second kappa shape index (κ2) is 7.59. The number of amides is 3. The van der Waals surface area contributed by atoms with Gasteiger partial charge in [0.2, 0.25) is 0 Å². The van der Waals surface area contributed by atoms with E-state index in [4.69, 9.17) is 11.5 Å². The maximum absolute atomic E-state index is 12.1. The van der Waals surface area contributed by atoms with Crippen LogP contribution < -0.4 is 11.5 Å². The number of primary amides is 2. The summed E-state index contributed by atoms with van der Waals surface area (Å²) >= 11 is 0. The molecule has 1 aliphatic rings. The first-order valence-electron chi connectivity index (χ1n) is 9.77. The lowest BCUT2D eigenvalue weighted by Gasteiger charge is -2.26. The van der Waals surface area contributed by atoms with Gasteiger partial charge in [-0.1, -0.05) is 38.1 Å². The summed E-state index contributed by atoms with van der Waals surface area (Å²) in [6, 6.07) is 12.7. The van der Waals surface area contributed by atoms with Gasteiger partial charge >= 0.3 is 6.03 Å². The minimum atomic E-state index is -0.609. The van der Waals surface area contributed by atoms with E-state index >= 15 is 0 Å². The van der Waals surface area contributed by atoms with E-state index in [1.165, 1.54) is 0 Å². The van der Waals surface area contributed by atoms with Gasteiger partial charge in [-0.25, -0.2) is 9.78 Å². The van der Waals surface area contributed by atoms with Crippen LogP contribution in [0.4, 0.5) is 4.79 Å². The van der Waals surface area contributed by atoms with E-state index in [9.17, 15) is 9.59 Å². The number of fused-ring (bicyclic) bond motifs is 1. The van der Waals surface area contributed by atoms with Gasteiger partial charge in [0.15, 0.2) is 0 Å². The van der Waals surface area contributed by atoms with Crippen LogP contribution in [0, 0.1) is 5.92 Å². The number of benzene rings is 1. The first-order valence-corrected chi connectivity index (χ1v) is 9.77. The van der Waals surface area contributed by atoms with Crippen molar-refractivity contribution in [1.82, 2.24) is 14.9 Å². The SMILES string of the molecule is CC(C)C1c2cc(C(N)=O)nc(-c3cccc(-c4cccnc4)c3)c2CN1C(N)=O. The Labute approximate surface area is 174 Å². The second-order valence-electron chi connectivity index (χ2n) is 7.77. The lowest BCUT2D eigenvalue weighted by Crippen LogP contribution is -2.36. The van der Waals surface area contributed by atoms with Crippen molar-refractivity contribution in [2.75, 3.05) is 0 Å². The van der Waals surface area contributed by atoms with E-state index in [0.29, 0.717) is 12.2 Å². The molecule has 1 atom stereocenters. The largest absolute Gasteiger partial charge is 0.364 e. The third-order valence-electron chi connectivity index (χ3n) is 5.44. The summed E-state index contributed by atoms with van der Waals surface area (Å²) in [5.74, 6) is -0.501. The highest BCUT2D eigenvalue weighted by Crippen LogP contribution is 2.42. The van der Waals surface area contributed by atoms with E-state index in [1.54, 1.807) is 23.4 Å². The Hall–Kier alpha value is -3.74. The molecule has 4 rings (SSSR count). The van der Waals surface area contributed by atoms with Gasteiger partial charge in [0.05, 0.1) is 18.3 Å². The Morgan fingerprint density at radius 2 is 1.80 bits per heavy atom. The van der Waals surface area contributed by atoms with E-state index in [2.05, 4.69) is 9.97 Å². The topological polar surface area (TPSA) is 115 Å². The Morgan fingerprint density at radius 3 is 2.43 bits per heavy atom. The van der Waals surface area contributed by atoms with Crippen LogP contribution in [0.1, 0.15) is 41.5 Å². The van der Waals surface area contributed by atoms with E-state index in [-0.39, 0.29) is 17.7 Å². The van der Waals surface area contributed by atoms with Crippen molar-refractivity contribution >= 4 is 11.9 Å². The average molecular weight is 401 g/mol. The van der Waals surface area contributed by atoms with E-state index in [0.717, 1.165) is 27.8 Å². The van der Waals surface area contributed by atoms with Crippen molar-refractivity contribution in [1.29, 1.82) is 0 Å². The zero-order chi connectivity index (χ0) is 21.4. The number of nitrogens with zero attached hydrogens (tertiary/aromatic N) is 3. The molecule has 7 heteroatoms. The molecule has 1 aromatic carbocycles. The van der Waals surface area contributed by atoms with Crippen LogP contribution >= 0.6 is 0 Å². The van der Waals surface area contributed by atoms with E-state index in [1.807, 2.05) is 50.2 Å². The summed E-state index contributed by atoms with van der Waals surface area (Å²) in [6.07, 6.45) is 3.52. The molecule has 4 N–H and O–H groups in total. The molecule has 3 aromatic rings. The Kier molecular flexibility index (Phi) is 4.95. The van der Waals surface area contributed by atoms with Gasteiger partial charge in [0.1, 0.15) is 5.69 Å². The van der Waals surface area contributed by atoms with Crippen LogP contribution in [0.2, 0.25) is 0 Å². The molecule has 152 valence electrons. The van der Waals surface area contributed by atoms with Crippen LogP contribution in [0.3, 0.4) is 0 Å². The smallest absolute Gasteiger partial charge is 0.315 e. The molecule has 0 bridgehead atoms. The third-order valence-corrected chi connectivity index (χ3v) is 5.44. The van der Waals surface area contributed by atoms with Crippen molar-refractivity contribution in [3.05, 3.63) is 71.7 Å². The first-order chi connectivity index (χ1) is 14.4. The summed E-state index contributed by atoms with van der Waals surface area (Å²) in [5.41, 5.74) is 16.6. The van der Waals surface area contributed by atoms with Gasteiger partial charge < -0.3 is 16.4 Å². The van der Waals surface area contributed by atoms with Crippen molar-refractivity contribution in [2.24, 2.45) is 17.4 Å². The molecule has 0 fully saturated rings. The lowest BCUT2D eigenvalue weighted by atomic mass is 9.92. The number of carbonyl (C=O) groups excluding carboxylic acids is 2. The third kappa shape index (κ3) is 3.39. The van der Waals surface area contributed by atoms with Crippen molar-refractivity contribution < 1.29 is 9.59 Å². The zero-order valence-electron chi connectivity index (χ0n) is 16.9. The number of nitrogens with two attached hydrogens (primary N) is 2. The molecule has 1 unspecified atom stereocenters. The maximum Gasteiger partial charge on any atom is 0.315 e. The van der Waals surface area contributed by atoms with Gasteiger partial charge in [0, 0.05) is 29.1 Å². The van der Waals surface area contributed by atoms with Gasteiger partial charge in [-0.3, -0.25) is 9.78 Å². The number of hydrogen-bond donors (Lipinski definition) is 2. The van der Waals surface area contributed by atoms with Crippen molar-refractivity contribution in [3.63, 3.8) is 0 Å². The second-order valence-corrected chi connectivity index (χ2v) is 7.77. The molecule has 3 amide bonds. The molecule has 3 heterocycles. The Bertz CT molecular complexity index is 1130. The fourth-order valence-corrected chi connectivity index (χ4v) is 4.14. The number of hydrogen-bond acceptors (Lipinski definition) is 4. The summed E-state index contributed by atoms with van der Waals surface area (Å²) in [7, 11) is 0. The quantitative estimate of drug-likeness (QED) is 0.696. The number of carbonyl (C=O) groups is 2. The van der Waals surface area contributed by atoms with Crippen LogP contribution in [0.25, 0.3) is 22.4 Å². The minimum absolute atomic E-state index is 0.108. The zero-order valence-corrected chi connectivity index (χ0v) is 16.9. The van der Waals surface area contributed by atoms with E-state index < -0.39 is 11.9 Å². The highest BCUT2D eigenvalue weighted by Gasteiger charge is 2.37.